The van der Waals surface area contributed by atoms with Gasteiger partial charge in [-0.25, -0.2) is 4.57 Å². The fourth-order valence-electron chi connectivity index (χ4n) is 5.81. The highest BCUT2D eigenvalue weighted by Gasteiger charge is 2.27. The van der Waals surface area contributed by atoms with Gasteiger partial charge in [0.15, 0.2) is 6.10 Å². The lowest BCUT2D eigenvalue weighted by Crippen LogP contribution is -2.37. The van der Waals surface area contributed by atoms with Crippen LogP contribution in [0.15, 0.2) is 48.6 Å². The predicted octanol–water partition coefficient (Wildman–Crippen LogP) is 9.21. The minimum atomic E-state index is -4.47. The van der Waals surface area contributed by atoms with Crippen LogP contribution < -0.4 is 0 Å². The molecule has 0 aliphatic heterocycles. The number of esters is 2. The van der Waals surface area contributed by atoms with Crippen LogP contribution in [-0.2, 0) is 32.7 Å². The van der Waals surface area contributed by atoms with Gasteiger partial charge in [0.2, 0.25) is 0 Å². The van der Waals surface area contributed by atoms with Crippen molar-refractivity contribution in [3.63, 3.8) is 0 Å². The molecule has 0 aliphatic carbocycles. The number of aliphatic hydroxyl groups is 3. The van der Waals surface area contributed by atoms with Gasteiger partial charge in [0, 0.05) is 12.8 Å². The van der Waals surface area contributed by atoms with Crippen molar-refractivity contribution >= 4 is 19.8 Å². The number of unbranched alkanes of at least 4 members (excludes halogenated alkanes) is 15. The Hall–Kier alpha value is -2.15. The lowest BCUT2D eigenvalue weighted by Gasteiger charge is -2.24. The lowest BCUT2D eigenvalue weighted by molar-refractivity contribution is -0.870. The van der Waals surface area contributed by atoms with Crippen molar-refractivity contribution in [3.8, 4) is 0 Å². The van der Waals surface area contributed by atoms with Gasteiger partial charge >= 0.3 is 19.8 Å². The molecule has 0 aliphatic rings. The second-order valence-electron chi connectivity index (χ2n) is 16.3. The number of phosphoric acid groups is 1. The number of rotatable bonds is 39. The molecule has 5 atom stereocenters. The van der Waals surface area contributed by atoms with Crippen LogP contribution in [0.4, 0.5) is 0 Å². The first-order valence-corrected chi connectivity index (χ1v) is 23.7. The molecule has 0 rings (SSSR count). The summed E-state index contributed by atoms with van der Waals surface area (Å²) < 4.78 is 34.0. The summed E-state index contributed by atoms with van der Waals surface area (Å²) in [7, 11) is 1.26. The first-order chi connectivity index (χ1) is 27.7. The number of carbonyl (C=O) groups is 2. The van der Waals surface area contributed by atoms with E-state index in [1.165, 1.54) is 70.3 Å². The molecule has 1 unspecified atom stereocenters. The van der Waals surface area contributed by atoms with Crippen molar-refractivity contribution in [2.24, 2.45) is 0 Å². The first-order valence-electron chi connectivity index (χ1n) is 22.2. The number of likely N-dealkylation sites (N-methyl/N-ethyl adjacent to an activating group) is 1. The van der Waals surface area contributed by atoms with Crippen LogP contribution in [0.25, 0.3) is 0 Å². The summed E-state index contributed by atoms with van der Waals surface area (Å²) in [6.07, 6.45) is 31.0. The molecule has 0 bridgehead atoms. The second-order valence-corrected chi connectivity index (χ2v) is 17.8. The van der Waals surface area contributed by atoms with E-state index in [-0.39, 0.29) is 38.9 Å². The van der Waals surface area contributed by atoms with Crippen LogP contribution in [0.1, 0.15) is 155 Å². The van der Waals surface area contributed by atoms with E-state index in [0.717, 1.165) is 44.9 Å². The molecule has 58 heavy (non-hydrogen) atoms. The molecule has 0 saturated heterocycles. The summed E-state index contributed by atoms with van der Waals surface area (Å²) in [6, 6.07) is 0. The molecule has 0 aromatic rings. The van der Waals surface area contributed by atoms with E-state index in [0.29, 0.717) is 17.4 Å². The van der Waals surface area contributed by atoms with Gasteiger partial charge in [0.1, 0.15) is 19.8 Å². The minimum Gasteiger partial charge on any atom is -0.462 e. The van der Waals surface area contributed by atoms with Gasteiger partial charge in [-0.15, -0.1) is 0 Å². The van der Waals surface area contributed by atoms with E-state index in [1.54, 1.807) is 42.5 Å². The number of hydrogen-bond acceptors (Lipinski definition) is 10. The Morgan fingerprint density at radius 1 is 0.603 bits per heavy atom. The Morgan fingerprint density at radius 2 is 1.10 bits per heavy atom. The van der Waals surface area contributed by atoms with Crippen LogP contribution in [0.2, 0.25) is 0 Å². The Kier molecular flexibility index (Phi) is 35.3. The number of carbonyl (C=O) groups excluding carboxylic acids is 2. The van der Waals surface area contributed by atoms with E-state index >= 15 is 0 Å². The highest BCUT2D eigenvalue weighted by Crippen LogP contribution is 2.43. The summed E-state index contributed by atoms with van der Waals surface area (Å²) in [6.45, 7) is 3.91. The van der Waals surface area contributed by atoms with Crippen molar-refractivity contribution in [2.75, 3.05) is 47.5 Å². The van der Waals surface area contributed by atoms with E-state index < -0.39 is 50.8 Å². The van der Waals surface area contributed by atoms with E-state index in [1.807, 2.05) is 21.1 Å². The van der Waals surface area contributed by atoms with Crippen molar-refractivity contribution in [1.29, 1.82) is 0 Å². The summed E-state index contributed by atoms with van der Waals surface area (Å²) in [5, 5.41) is 30.6. The average Bonchev–Trinajstić information content (AvgIpc) is 3.16. The quantitative estimate of drug-likeness (QED) is 0.0153. The van der Waals surface area contributed by atoms with Gasteiger partial charge in [-0.05, 0) is 25.7 Å². The molecule has 0 amide bonds. The molecule has 0 heterocycles. The largest absolute Gasteiger partial charge is 0.472 e. The normalized spacial score (nSPS) is 15.7. The fourth-order valence-corrected chi connectivity index (χ4v) is 6.55. The zero-order chi connectivity index (χ0) is 43.3. The number of nitrogens with zero attached hydrogens (tertiary/aromatic N) is 1. The molecular formula is C45H83NO11P+. The van der Waals surface area contributed by atoms with Gasteiger partial charge in [0.05, 0.1) is 46.1 Å². The Bertz CT molecular complexity index is 1180. The average molecular weight is 845 g/mol. The van der Waals surface area contributed by atoms with Crippen LogP contribution >= 0.6 is 7.82 Å². The SMILES string of the molecule is CCCCCCCCCCCCCCCCC(=O)OC[C@H](COP(=O)(O)OCC[N+](C)(C)C)OC(=O)CCC[C@H](O)[C@@H](O)/C=C/C=C/C=C\C=C\[C@@H](O)CCCCC. The van der Waals surface area contributed by atoms with Crippen LogP contribution in [0, 0.1) is 0 Å². The second kappa shape index (κ2) is 36.7. The maximum Gasteiger partial charge on any atom is 0.472 e. The molecule has 0 radical (unpaired) electrons. The number of aliphatic hydroxyl groups excluding tert-OH is 3. The van der Waals surface area contributed by atoms with Crippen LogP contribution in [0.3, 0.4) is 0 Å². The Labute approximate surface area is 352 Å². The van der Waals surface area contributed by atoms with Crippen molar-refractivity contribution < 1.29 is 57.4 Å². The molecule has 12 nitrogen and oxygen atoms in total. The van der Waals surface area contributed by atoms with Gasteiger partial charge in [-0.3, -0.25) is 18.6 Å². The molecular weight excluding hydrogens is 761 g/mol. The Balaban J connectivity index is 4.70. The van der Waals surface area contributed by atoms with Crippen molar-refractivity contribution in [2.45, 2.75) is 180 Å². The van der Waals surface area contributed by atoms with Crippen molar-refractivity contribution in [1.82, 2.24) is 0 Å². The maximum atomic E-state index is 12.7. The summed E-state index contributed by atoms with van der Waals surface area (Å²) >= 11 is 0. The summed E-state index contributed by atoms with van der Waals surface area (Å²) in [5.41, 5.74) is 0. The number of quaternary nitrogens is 1. The van der Waals surface area contributed by atoms with E-state index in [2.05, 4.69) is 13.8 Å². The van der Waals surface area contributed by atoms with Gasteiger partial charge in [-0.1, -0.05) is 165 Å². The van der Waals surface area contributed by atoms with Crippen molar-refractivity contribution in [3.05, 3.63) is 48.6 Å². The molecule has 0 aromatic carbocycles. The van der Waals surface area contributed by atoms with Gasteiger partial charge in [0.25, 0.3) is 0 Å². The third-order valence-electron chi connectivity index (χ3n) is 9.48. The van der Waals surface area contributed by atoms with Gasteiger partial charge < -0.3 is 34.2 Å². The smallest absolute Gasteiger partial charge is 0.462 e. The first kappa shape index (κ1) is 55.9. The highest BCUT2D eigenvalue weighted by atomic mass is 31.2. The standard InChI is InChI=1S/C45H82NO11P/c1-6-8-10-11-12-13-14-15-16-17-18-19-24-28-34-44(50)54-38-41(39-56-58(52,53)55-37-36-46(3,4)5)57-45(51)35-29-33-43(49)42(48)32-27-23-21-20-22-26-31-40(47)30-25-9-7-2/h20-23,26-27,31-32,40-43,47-49H,6-19,24-25,28-30,33-39H2,1-5H3/p+1/b22-20-,23-21+,31-26+,32-27+/t40-,41+,42-,43-/m0/s1. The monoisotopic (exact) mass is 845 g/mol. The Morgan fingerprint density at radius 3 is 1.67 bits per heavy atom. The highest BCUT2D eigenvalue weighted by molar-refractivity contribution is 7.47. The fraction of sp³-hybridized carbons (Fsp3) is 0.778. The van der Waals surface area contributed by atoms with E-state index in [4.69, 9.17) is 18.5 Å². The van der Waals surface area contributed by atoms with Gasteiger partial charge in [-0.2, -0.15) is 0 Å². The molecule has 13 heteroatoms. The number of ether oxygens (including phenoxy) is 2. The molecule has 0 saturated carbocycles. The lowest BCUT2D eigenvalue weighted by atomic mass is 10.0. The number of phosphoric ester groups is 1. The molecule has 0 aromatic heterocycles. The maximum absolute atomic E-state index is 12.7. The topological polar surface area (TPSA) is 169 Å². The van der Waals surface area contributed by atoms with Crippen LogP contribution in [-0.4, -0.2) is 109 Å². The molecule has 4 N–H and O–H groups in total. The third kappa shape index (κ3) is 38.1. The number of allylic oxidation sites excluding steroid dienone is 6. The predicted molar refractivity (Wildman–Crippen MR) is 233 cm³/mol. The molecule has 0 fully saturated rings. The summed E-state index contributed by atoms with van der Waals surface area (Å²) in [5.74, 6) is -1.13. The van der Waals surface area contributed by atoms with Crippen LogP contribution in [0.5, 0.6) is 0 Å². The van der Waals surface area contributed by atoms with E-state index in [9.17, 15) is 34.4 Å². The zero-order valence-electron chi connectivity index (χ0n) is 36.9. The number of hydrogen-bond donors (Lipinski definition) is 4. The molecule has 338 valence electrons. The minimum absolute atomic E-state index is 0.0324. The molecule has 0 spiro atoms. The zero-order valence-corrected chi connectivity index (χ0v) is 37.7. The summed E-state index contributed by atoms with van der Waals surface area (Å²) in [4.78, 5) is 35.4. The third-order valence-corrected chi connectivity index (χ3v) is 10.5.